The zero-order chi connectivity index (χ0) is 19.8. The molecule has 0 bridgehead atoms. The van der Waals surface area contributed by atoms with Crippen LogP contribution in [0, 0.1) is 13.8 Å². The molecule has 0 heterocycles. The number of hydrogen-bond donors (Lipinski definition) is 2. The minimum atomic E-state index is -0.694. The number of carbonyl (C=O) groups is 3. The normalized spacial score (nSPS) is 10.2. The number of esters is 1. The van der Waals surface area contributed by atoms with Gasteiger partial charge < -0.3 is 15.4 Å². The monoisotopic (exact) mass is 388 g/mol. The first-order chi connectivity index (χ1) is 12.9. The first kappa shape index (κ1) is 20.5. The molecule has 0 atom stereocenters. The molecule has 2 N–H and O–H groups in total. The van der Waals surface area contributed by atoms with Gasteiger partial charge in [0.2, 0.25) is 0 Å². The van der Waals surface area contributed by atoms with Gasteiger partial charge in [0.15, 0.2) is 6.61 Å². The highest BCUT2D eigenvalue weighted by atomic mass is 35.5. The summed E-state index contributed by atoms with van der Waals surface area (Å²) in [5.41, 5.74) is 3.29. The van der Waals surface area contributed by atoms with E-state index in [1.807, 2.05) is 26.0 Å². The van der Waals surface area contributed by atoms with Crippen molar-refractivity contribution < 1.29 is 19.1 Å². The van der Waals surface area contributed by atoms with Crippen molar-refractivity contribution in [2.24, 2.45) is 0 Å². The lowest BCUT2D eigenvalue weighted by Gasteiger charge is -2.09. The minimum absolute atomic E-state index is 0.236. The summed E-state index contributed by atoms with van der Waals surface area (Å²) in [4.78, 5) is 35.5. The molecular weight excluding hydrogens is 368 g/mol. The maximum Gasteiger partial charge on any atom is 0.325 e. The first-order valence-corrected chi connectivity index (χ1v) is 8.76. The second kappa shape index (κ2) is 9.73. The highest BCUT2D eigenvalue weighted by Gasteiger charge is 2.11. The predicted octanol–water partition coefficient (Wildman–Crippen LogP) is 2.55. The van der Waals surface area contributed by atoms with Gasteiger partial charge in [0, 0.05) is 17.1 Å². The number of amides is 2. The molecule has 0 fully saturated rings. The van der Waals surface area contributed by atoms with E-state index >= 15 is 0 Å². The van der Waals surface area contributed by atoms with Gasteiger partial charge in [-0.2, -0.15) is 0 Å². The van der Waals surface area contributed by atoms with Gasteiger partial charge in [0.25, 0.3) is 11.8 Å². The smallest absolute Gasteiger partial charge is 0.325 e. The number of nitrogens with one attached hydrogen (secondary N) is 2. The van der Waals surface area contributed by atoms with Crippen LogP contribution in [0.5, 0.6) is 0 Å². The summed E-state index contributed by atoms with van der Waals surface area (Å²) in [6.07, 6.45) is 0. The van der Waals surface area contributed by atoms with E-state index in [-0.39, 0.29) is 19.0 Å². The van der Waals surface area contributed by atoms with Crippen LogP contribution in [0.4, 0.5) is 0 Å². The Hall–Kier alpha value is -2.86. The summed E-state index contributed by atoms with van der Waals surface area (Å²) >= 11 is 6.00. The van der Waals surface area contributed by atoms with E-state index in [9.17, 15) is 14.4 Å². The molecule has 2 rings (SSSR count). The molecule has 0 aliphatic rings. The molecule has 0 spiro atoms. The lowest BCUT2D eigenvalue weighted by Crippen LogP contribution is -2.33. The summed E-state index contributed by atoms with van der Waals surface area (Å²) in [6, 6.07) is 12.4. The van der Waals surface area contributed by atoms with Crippen molar-refractivity contribution >= 4 is 29.4 Å². The maximum atomic E-state index is 12.0. The minimum Gasteiger partial charge on any atom is -0.454 e. The number of benzene rings is 2. The molecule has 27 heavy (non-hydrogen) atoms. The van der Waals surface area contributed by atoms with Gasteiger partial charge >= 0.3 is 5.97 Å². The molecule has 0 aliphatic carbocycles. The molecule has 6 nitrogen and oxygen atoms in total. The molecule has 0 saturated carbocycles. The lowest BCUT2D eigenvalue weighted by atomic mass is 10.1. The number of hydrogen-bond acceptors (Lipinski definition) is 4. The SMILES string of the molecule is Cc1ccc(C(=O)NCC(=O)OCC(=O)NCc2ccccc2Cl)cc1C. The molecule has 0 saturated heterocycles. The highest BCUT2D eigenvalue weighted by molar-refractivity contribution is 6.31. The first-order valence-electron chi connectivity index (χ1n) is 8.38. The van der Waals surface area contributed by atoms with Crippen molar-refractivity contribution in [3.8, 4) is 0 Å². The molecule has 2 amide bonds. The highest BCUT2D eigenvalue weighted by Crippen LogP contribution is 2.14. The standard InChI is InChI=1S/C20H21ClN2O4/c1-13-7-8-15(9-14(13)2)20(26)23-11-19(25)27-12-18(24)22-10-16-5-3-4-6-17(16)21/h3-9H,10-12H2,1-2H3,(H,22,24)(H,23,26). The molecule has 142 valence electrons. The molecule has 0 aliphatic heterocycles. The Morgan fingerprint density at radius 2 is 1.74 bits per heavy atom. The zero-order valence-corrected chi connectivity index (χ0v) is 15.9. The van der Waals surface area contributed by atoms with Crippen LogP contribution in [-0.4, -0.2) is 30.9 Å². The second-order valence-electron chi connectivity index (χ2n) is 6.01. The fourth-order valence-corrected chi connectivity index (χ4v) is 2.42. The average molecular weight is 389 g/mol. The van der Waals surface area contributed by atoms with Gasteiger partial charge in [-0.25, -0.2) is 0 Å². The van der Waals surface area contributed by atoms with Gasteiger partial charge in [-0.1, -0.05) is 35.9 Å². The van der Waals surface area contributed by atoms with E-state index < -0.39 is 18.5 Å². The molecule has 2 aromatic rings. The van der Waals surface area contributed by atoms with Gasteiger partial charge in [0.05, 0.1) is 0 Å². The summed E-state index contributed by atoms with van der Waals surface area (Å²) in [5.74, 6) is -1.53. The van der Waals surface area contributed by atoms with Crippen LogP contribution >= 0.6 is 11.6 Å². The zero-order valence-electron chi connectivity index (χ0n) is 15.2. The van der Waals surface area contributed by atoms with Gasteiger partial charge in [-0.15, -0.1) is 0 Å². The summed E-state index contributed by atoms with van der Waals surface area (Å²) < 4.78 is 4.85. The van der Waals surface area contributed by atoms with E-state index in [2.05, 4.69) is 10.6 Å². The maximum absolute atomic E-state index is 12.0. The third-order valence-corrected chi connectivity index (χ3v) is 4.33. The molecule has 0 unspecified atom stereocenters. The van der Waals surface area contributed by atoms with Crippen LogP contribution < -0.4 is 10.6 Å². The topological polar surface area (TPSA) is 84.5 Å². The van der Waals surface area contributed by atoms with E-state index in [1.54, 1.807) is 30.3 Å². The van der Waals surface area contributed by atoms with Crippen molar-refractivity contribution in [3.05, 3.63) is 69.7 Å². The van der Waals surface area contributed by atoms with Crippen molar-refractivity contribution in [2.45, 2.75) is 20.4 Å². The van der Waals surface area contributed by atoms with Crippen LogP contribution in [-0.2, 0) is 20.9 Å². The number of halogens is 1. The van der Waals surface area contributed by atoms with E-state index in [0.717, 1.165) is 16.7 Å². The van der Waals surface area contributed by atoms with E-state index in [0.29, 0.717) is 10.6 Å². The predicted molar refractivity (Wildman–Crippen MR) is 103 cm³/mol. The lowest BCUT2D eigenvalue weighted by molar-refractivity contribution is -0.147. The van der Waals surface area contributed by atoms with Crippen LogP contribution in [0.25, 0.3) is 0 Å². The van der Waals surface area contributed by atoms with E-state index in [1.165, 1.54) is 0 Å². The Labute approximate surface area is 162 Å². The second-order valence-corrected chi connectivity index (χ2v) is 6.42. The molecule has 2 aromatic carbocycles. The quantitative estimate of drug-likeness (QED) is 0.714. The number of rotatable bonds is 7. The summed E-state index contributed by atoms with van der Waals surface area (Å²) in [7, 11) is 0. The number of aryl methyl sites for hydroxylation is 2. The summed E-state index contributed by atoms with van der Waals surface area (Å²) in [5, 5.41) is 5.63. The third kappa shape index (κ3) is 6.42. The van der Waals surface area contributed by atoms with Crippen LogP contribution in [0.15, 0.2) is 42.5 Å². The molecular formula is C20H21ClN2O4. The molecule has 0 aromatic heterocycles. The van der Waals surface area contributed by atoms with Crippen LogP contribution in [0.3, 0.4) is 0 Å². The fraction of sp³-hybridized carbons (Fsp3) is 0.250. The fourth-order valence-electron chi connectivity index (χ4n) is 2.22. The number of ether oxygens (including phenoxy) is 1. The largest absolute Gasteiger partial charge is 0.454 e. The van der Waals surface area contributed by atoms with Crippen molar-refractivity contribution in [3.63, 3.8) is 0 Å². The Balaban J connectivity index is 1.71. The number of carbonyl (C=O) groups excluding carboxylic acids is 3. The Kier molecular flexibility index (Phi) is 7.37. The van der Waals surface area contributed by atoms with Gasteiger partial charge in [-0.3, -0.25) is 14.4 Å². The summed E-state index contributed by atoms with van der Waals surface area (Å²) in [6.45, 7) is 3.35. The third-order valence-electron chi connectivity index (χ3n) is 3.96. The Morgan fingerprint density at radius 1 is 1.00 bits per heavy atom. The van der Waals surface area contributed by atoms with Gasteiger partial charge in [-0.05, 0) is 48.7 Å². The van der Waals surface area contributed by atoms with Crippen molar-refractivity contribution in [1.29, 1.82) is 0 Å². The van der Waals surface area contributed by atoms with Crippen molar-refractivity contribution in [1.82, 2.24) is 10.6 Å². The van der Waals surface area contributed by atoms with E-state index in [4.69, 9.17) is 16.3 Å². The average Bonchev–Trinajstić information content (AvgIpc) is 2.65. The van der Waals surface area contributed by atoms with Crippen molar-refractivity contribution in [2.75, 3.05) is 13.2 Å². The van der Waals surface area contributed by atoms with Gasteiger partial charge in [0.1, 0.15) is 6.54 Å². The Bertz CT molecular complexity index is 852. The molecule has 0 radical (unpaired) electrons. The van der Waals surface area contributed by atoms with Crippen LogP contribution in [0.2, 0.25) is 5.02 Å². The Morgan fingerprint density at radius 3 is 2.44 bits per heavy atom. The van der Waals surface area contributed by atoms with Crippen LogP contribution in [0.1, 0.15) is 27.0 Å². The molecule has 7 heteroatoms.